The van der Waals surface area contributed by atoms with Crippen molar-refractivity contribution in [2.45, 2.75) is 116 Å². The second-order valence-electron chi connectivity index (χ2n) is 11.6. The molecule has 0 aliphatic carbocycles. The maximum atomic E-state index is 13.7. The molecule has 1 aliphatic heterocycles. The predicted molar refractivity (Wildman–Crippen MR) is 166 cm³/mol. The van der Waals surface area contributed by atoms with E-state index in [1.807, 2.05) is 0 Å². The number of aromatic hydroxyl groups is 2. The number of benzene rings is 2. The van der Waals surface area contributed by atoms with E-state index in [9.17, 15) is 19.8 Å². The van der Waals surface area contributed by atoms with Crippen molar-refractivity contribution in [2.75, 3.05) is 0 Å². The van der Waals surface area contributed by atoms with Crippen LogP contribution in [0.15, 0.2) is 53.6 Å². The molecule has 2 N–H and O–H groups in total. The molecular weight excluding hydrogens is 528 g/mol. The van der Waals surface area contributed by atoms with Gasteiger partial charge in [-0.25, -0.2) is 9.55 Å². The van der Waals surface area contributed by atoms with E-state index in [2.05, 4.69) is 11.9 Å². The lowest BCUT2D eigenvalue weighted by molar-refractivity contribution is 0.0892. The molecule has 0 amide bonds. The molecule has 3 aromatic rings. The monoisotopic (exact) mass is 574 g/mol. The van der Waals surface area contributed by atoms with Crippen molar-refractivity contribution in [3.05, 3.63) is 75.8 Å². The van der Waals surface area contributed by atoms with Gasteiger partial charge in [0.05, 0.1) is 5.56 Å². The van der Waals surface area contributed by atoms with Crippen molar-refractivity contribution in [2.24, 2.45) is 0 Å². The Morgan fingerprint density at radius 1 is 0.786 bits per heavy atom. The number of carbonyl (C=O) groups excluding carboxylic acids is 1. The highest BCUT2D eigenvalue weighted by Gasteiger charge is 2.34. The molecule has 2 heterocycles. The number of phenols is 2. The van der Waals surface area contributed by atoms with Gasteiger partial charge in [0, 0.05) is 24.0 Å². The second-order valence-corrected chi connectivity index (χ2v) is 11.6. The van der Waals surface area contributed by atoms with E-state index >= 15 is 0 Å². The van der Waals surface area contributed by atoms with Crippen molar-refractivity contribution < 1.29 is 19.7 Å². The lowest BCUT2D eigenvalue weighted by Crippen LogP contribution is -2.33. The van der Waals surface area contributed by atoms with E-state index in [0.717, 1.165) is 29.4 Å². The Hall–Kier alpha value is -3.61. The van der Waals surface area contributed by atoms with E-state index in [4.69, 9.17) is 4.74 Å². The van der Waals surface area contributed by atoms with Crippen LogP contribution < -0.4 is 10.3 Å². The largest absolute Gasteiger partial charge is 0.508 e. The number of aromatic nitrogens is 2. The van der Waals surface area contributed by atoms with Crippen LogP contribution in [0.1, 0.15) is 137 Å². The average molecular weight is 575 g/mol. The fourth-order valence-corrected chi connectivity index (χ4v) is 5.85. The average Bonchev–Trinajstić information content (AvgIpc) is 2.98. The van der Waals surface area contributed by atoms with Crippen LogP contribution in [0.3, 0.4) is 0 Å². The molecule has 7 heteroatoms. The second kappa shape index (κ2) is 16.1. The molecule has 0 saturated heterocycles. The molecule has 226 valence electrons. The zero-order valence-electron chi connectivity index (χ0n) is 25.0. The smallest absolute Gasteiger partial charge is 0.268 e. The molecule has 0 bridgehead atoms. The lowest BCUT2D eigenvalue weighted by atomic mass is 9.84. The first-order valence-electron chi connectivity index (χ1n) is 15.9. The van der Waals surface area contributed by atoms with Crippen LogP contribution in [0, 0.1) is 0 Å². The lowest BCUT2D eigenvalue weighted by Gasteiger charge is -2.27. The number of rotatable bonds is 17. The molecule has 1 aliphatic rings. The van der Waals surface area contributed by atoms with Crippen molar-refractivity contribution in [3.8, 4) is 23.1 Å². The summed E-state index contributed by atoms with van der Waals surface area (Å²) in [4.78, 5) is 31.1. The minimum absolute atomic E-state index is 0.0358. The number of phenolic OH excluding ortho intramolecular Hbond substituents is 2. The van der Waals surface area contributed by atoms with Gasteiger partial charge in [-0.3, -0.25) is 9.59 Å². The van der Waals surface area contributed by atoms with Gasteiger partial charge in [0.25, 0.3) is 5.56 Å². The highest BCUT2D eigenvalue weighted by Crippen LogP contribution is 2.46. The number of hydrogen-bond acceptors (Lipinski definition) is 6. The zero-order chi connectivity index (χ0) is 29.7. The normalized spacial score (nSPS) is 13.8. The van der Waals surface area contributed by atoms with Crippen LogP contribution in [-0.2, 0) is 0 Å². The molecule has 0 saturated carbocycles. The number of ether oxygens (including phenoxy) is 1. The zero-order valence-corrected chi connectivity index (χ0v) is 25.0. The summed E-state index contributed by atoms with van der Waals surface area (Å²) in [5.74, 6) is -0.170. The molecule has 0 radical (unpaired) electrons. The van der Waals surface area contributed by atoms with E-state index in [1.165, 1.54) is 95.5 Å². The Morgan fingerprint density at radius 3 is 1.93 bits per heavy atom. The summed E-state index contributed by atoms with van der Waals surface area (Å²) >= 11 is 0. The van der Waals surface area contributed by atoms with Gasteiger partial charge >= 0.3 is 0 Å². The van der Waals surface area contributed by atoms with Gasteiger partial charge in [0.2, 0.25) is 11.8 Å². The predicted octanol–water partition coefficient (Wildman–Crippen LogP) is 8.84. The summed E-state index contributed by atoms with van der Waals surface area (Å²) in [6, 6.07) is 11.3. The van der Waals surface area contributed by atoms with Gasteiger partial charge in [0.15, 0.2) is 0 Å². The quantitative estimate of drug-likeness (QED) is 0.122. The minimum Gasteiger partial charge on any atom is -0.508 e. The number of hydrogen-bond donors (Lipinski definition) is 2. The van der Waals surface area contributed by atoms with Crippen LogP contribution >= 0.6 is 0 Å². The van der Waals surface area contributed by atoms with Crippen molar-refractivity contribution in [3.63, 3.8) is 0 Å². The van der Waals surface area contributed by atoms with Crippen LogP contribution in [0.25, 0.3) is 0 Å². The van der Waals surface area contributed by atoms with Gasteiger partial charge in [-0.05, 0) is 30.2 Å². The standard InChI is InChI=1S/C35H46N2O5/c1-2-3-4-5-6-7-8-9-10-11-12-13-14-15-16-17-31(40)37-25-36-34-33(35(37)41)32(26-18-20-27(38)21-19-26)29-23-22-28(39)24-30(29)42-34/h18-25,32,38-39H,2-17H2,1H3. The maximum Gasteiger partial charge on any atom is 0.268 e. The first-order chi connectivity index (χ1) is 20.5. The van der Waals surface area contributed by atoms with Crippen LogP contribution in [-0.4, -0.2) is 25.7 Å². The third kappa shape index (κ3) is 8.46. The molecule has 1 aromatic heterocycles. The summed E-state index contributed by atoms with van der Waals surface area (Å²) in [7, 11) is 0. The molecule has 0 fully saturated rings. The van der Waals surface area contributed by atoms with Gasteiger partial charge in [-0.1, -0.05) is 115 Å². The summed E-state index contributed by atoms with van der Waals surface area (Å²) in [6.45, 7) is 2.26. The third-order valence-corrected chi connectivity index (χ3v) is 8.26. The van der Waals surface area contributed by atoms with Gasteiger partial charge in [0.1, 0.15) is 23.6 Å². The SMILES string of the molecule is CCCCCCCCCCCCCCCCCC(=O)n1cnc2c(c1=O)C(c1ccc(O)cc1)c1ccc(O)cc1O2. The topological polar surface area (TPSA) is 102 Å². The minimum atomic E-state index is -0.559. The van der Waals surface area contributed by atoms with Gasteiger partial charge in [-0.15, -0.1) is 0 Å². The van der Waals surface area contributed by atoms with Crippen molar-refractivity contribution >= 4 is 5.91 Å². The summed E-state index contributed by atoms with van der Waals surface area (Å²) < 4.78 is 7.00. The summed E-state index contributed by atoms with van der Waals surface area (Å²) in [5, 5.41) is 19.8. The van der Waals surface area contributed by atoms with Gasteiger partial charge in [-0.2, -0.15) is 0 Å². The summed E-state index contributed by atoms with van der Waals surface area (Å²) in [6.07, 6.45) is 20.3. The molecular formula is C35H46N2O5. The van der Waals surface area contributed by atoms with Crippen LogP contribution in [0.2, 0.25) is 0 Å². The van der Waals surface area contributed by atoms with Crippen LogP contribution in [0.5, 0.6) is 23.1 Å². The third-order valence-electron chi connectivity index (χ3n) is 8.26. The van der Waals surface area contributed by atoms with E-state index < -0.39 is 11.5 Å². The first-order valence-corrected chi connectivity index (χ1v) is 15.9. The number of carbonyl (C=O) groups is 1. The Kier molecular flexibility index (Phi) is 12.0. The van der Waals surface area contributed by atoms with E-state index in [-0.39, 0.29) is 35.3 Å². The van der Waals surface area contributed by atoms with Crippen LogP contribution in [0.4, 0.5) is 0 Å². The van der Waals surface area contributed by atoms with E-state index in [1.54, 1.807) is 30.3 Å². The Labute approximate surface area is 249 Å². The number of fused-ring (bicyclic) bond motifs is 2. The Bertz CT molecular complexity index is 1350. The number of unbranched alkanes of at least 4 members (excludes halogenated alkanes) is 14. The fraction of sp³-hybridized carbons (Fsp3) is 0.514. The molecule has 4 rings (SSSR count). The molecule has 1 atom stereocenters. The molecule has 2 aromatic carbocycles. The molecule has 0 spiro atoms. The first kappa shape index (κ1) is 31.3. The van der Waals surface area contributed by atoms with Crippen molar-refractivity contribution in [1.29, 1.82) is 0 Å². The fourth-order valence-electron chi connectivity index (χ4n) is 5.85. The van der Waals surface area contributed by atoms with Gasteiger partial charge < -0.3 is 14.9 Å². The highest BCUT2D eigenvalue weighted by atomic mass is 16.5. The molecule has 42 heavy (non-hydrogen) atoms. The van der Waals surface area contributed by atoms with Crippen molar-refractivity contribution in [1.82, 2.24) is 9.55 Å². The molecule has 7 nitrogen and oxygen atoms in total. The Morgan fingerprint density at radius 2 is 1.33 bits per heavy atom. The summed E-state index contributed by atoms with van der Waals surface area (Å²) in [5.41, 5.74) is 1.24. The highest BCUT2D eigenvalue weighted by molar-refractivity contribution is 5.79. The van der Waals surface area contributed by atoms with E-state index in [0.29, 0.717) is 11.3 Å². The maximum absolute atomic E-state index is 13.7. The molecule has 1 unspecified atom stereocenters. The Balaban J connectivity index is 1.26. The number of nitrogens with zero attached hydrogens (tertiary/aromatic N) is 2.